The van der Waals surface area contributed by atoms with Crippen LogP contribution >= 0.6 is 0 Å². The van der Waals surface area contributed by atoms with Crippen LogP contribution in [0, 0.1) is 6.92 Å². The molecule has 0 saturated heterocycles. The van der Waals surface area contributed by atoms with E-state index in [0.717, 1.165) is 0 Å². The monoisotopic (exact) mass is 352 g/mol. The molecule has 24 heavy (non-hydrogen) atoms. The lowest BCUT2D eigenvalue weighted by Gasteiger charge is -2.09. The first-order valence-corrected chi connectivity index (χ1v) is 8.93. The predicted octanol–water partition coefficient (Wildman–Crippen LogP) is 1.03. The van der Waals surface area contributed by atoms with Crippen LogP contribution in [-0.2, 0) is 16.4 Å². The minimum absolute atomic E-state index is 0.0477. The van der Waals surface area contributed by atoms with Crippen LogP contribution in [-0.4, -0.2) is 32.6 Å². The molecule has 0 radical (unpaired) electrons. The fourth-order valence-corrected chi connectivity index (χ4v) is 3.25. The second-order valence-electron chi connectivity index (χ2n) is 5.09. The summed E-state index contributed by atoms with van der Waals surface area (Å²) in [6.07, 6.45) is 0.529. The Balaban J connectivity index is 2.23. The van der Waals surface area contributed by atoms with Crippen molar-refractivity contribution in [3.63, 3.8) is 0 Å². The first kappa shape index (κ1) is 18.1. The van der Waals surface area contributed by atoms with Crippen LogP contribution in [0.4, 0.5) is 5.69 Å². The first-order chi connectivity index (χ1) is 11.4. The highest BCUT2D eigenvalue weighted by Gasteiger charge is 2.20. The summed E-state index contributed by atoms with van der Waals surface area (Å²) >= 11 is 0. The third-order valence-electron chi connectivity index (χ3n) is 3.32. The molecule has 4 N–H and O–H groups in total. The highest BCUT2D eigenvalue weighted by molar-refractivity contribution is 7.89. The van der Waals surface area contributed by atoms with E-state index in [1.165, 1.54) is 12.1 Å². The Morgan fingerprint density at radius 3 is 2.79 bits per heavy atom. The Morgan fingerprint density at radius 1 is 1.38 bits per heavy atom. The zero-order chi connectivity index (χ0) is 17.7. The summed E-state index contributed by atoms with van der Waals surface area (Å²) in [6.45, 7) is 3.86. The number of hydrogen-bond acceptors (Lipinski definition) is 6. The number of aryl methyl sites for hydroxylation is 2. The van der Waals surface area contributed by atoms with E-state index in [0.29, 0.717) is 29.1 Å². The summed E-state index contributed by atoms with van der Waals surface area (Å²) < 4.78 is 31.7. The molecule has 0 aliphatic rings. The van der Waals surface area contributed by atoms with Gasteiger partial charge in [-0.05, 0) is 25.1 Å². The highest BCUT2D eigenvalue weighted by atomic mass is 32.2. The summed E-state index contributed by atoms with van der Waals surface area (Å²) in [5.74, 6) is 0.0912. The third kappa shape index (κ3) is 3.99. The van der Waals surface area contributed by atoms with Gasteiger partial charge in [0.1, 0.15) is 11.3 Å². The van der Waals surface area contributed by atoms with Gasteiger partial charge in [-0.3, -0.25) is 4.79 Å². The van der Waals surface area contributed by atoms with Gasteiger partial charge in [0.2, 0.25) is 10.0 Å². The predicted molar refractivity (Wildman–Crippen MR) is 89.3 cm³/mol. The molecule has 0 aliphatic heterocycles. The normalized spacial score (nSPS) is 11.5. The Hall–Kier alpha value is -2.23. The van der Waals surface area contributed by atoms with E-state index in [1.807, 2.05) is 6.92 Å². The van der Waals surface area contributed by atoms with Gasteiger partial charge < -0.3 is 15.6 Å². The number of sulfonamides is 1. The molecule has 0 aliphatic carbocycles. The highest BCUT2D eigenvalue weighted by Crippen LogP contribution is 2.19. The van der Waals surface area contributed by atoms with Crippen LogP contribution in [0.15, 0.2) is 33.7 Å². The van der Waals surface area contributed by atoms with Crippen LogP contribution in [0.3, 0.4) is 0 Å². The maximum Gasteiger partial charge on any atom is 0.261 e. The van der Waals surface area contributed by atoms with Crippen LogP contribution in [0.5, 0.6) is 0 Å². The summed E-state index contributed by atoms with van der Waals surface area (Å²) in [4.78, 5) is 12.5. The van der Waals surface area contributed by atoms with Crippen LogP contribution in [0.25, 0.3) is 0 Å². The molecule has 2 rings (SSSR count). The largest absolute Gasteiger partial charge is 0.360 e. The number of rotatable bonds is 7. The second-order valence-corrected chi connectivity index (χ2v) is 6.86. The van der Waals surface area contributed by atoms with Crippen molar-refractivity contribution in [2.75, 3.05) is 18.4 Å². The van der Waals surface area contributed by atoms with Gasteiger partial charge >= 0.3 is 0 Å². The Labute approximate surface area is 140 Å². The van der Waals surface area contributed by atoms with Crippen molar-refractivity contribution in [2.45, 2.75) is 25.2 Å². The number of nitrogens with zero attached hydrogens (tertiary/aromatic N) is 1. The number of anilines is 1. The molecule has 9 heteroatoms. The quantitative estimate of drug-likeness (QED) is 0.683. The Morgan fingerprint density at radius 2 is 2.12 bits per heavy atom. The molecule has 1 aromatic carbocycles. The lowest BCUT2D eigenvalue weighted by atomic mass is 10.1. The number of benzene rings is 1. The van der Waals surface area contributed by atoms with Gasteiger partial charge in [0, 0.05) is 25.2 Å². The number of hydrogen-bond donors (Lipinski definition) is 3. The molecule has 8 nitrogen and oxygen atoms in total. The molecule has 1 heterocycles. The van der Waals surface area contributed by atoms with E-state index < -0.39 is 15.9 Å². The lowest BCUT2D eigenvalue weighted by molar-refractivity contribution is 0.102. The maximum absolute atomic E-state index is 12.4. The lowest BCUT2D eigenvalue weighted by Crippen LogP contribution is -2.29. The van der Waals surface area contributed by atoms with Gasteiger partial charge in [-0.15, -0.1) is 0 Å². The molecule has 0 bridgehead atoms. The Kier molecular flexibility index (Phi) is 5.71. The van der Waals surface area contributed by atoms with Gasteiger partial charge in [-0.2, -0.15) is 0 Å². The van der Waals surface area contributed by atoms with Gasteiger partial charge in [0.15, 0.2) is 0 Å². The molecular formula is C15H20N4O4S. The van der Waals surface area contributed by atoms with Crippen molar-refractivity contribution in [2.24, 2.45) is 5.73 Å². The number of nitrogens with two attached hydrogens (primary N) is 1. The van der Waals surface area contributed by atoms with Gasteiger partial charge in [0.25, 0.3) is 5.91 Å². The topological polar surface area (TPSA) is 127 Å². The summed E-state index contributed by atoms with van der Waals surface area (Å²) in [7, 11) is -3.67. The van der Waals surface area contributed by atoms with Crippen molar-refractivity contribution in [1.29, 1.82) is 0 Å². The first-order valence-electron chi connectivity index (χ1n) is 7.45. The number of carbonyl (C=O) groups is 1. The number of carbonyl (C=O) groups excluding carboxylic acids is 1. The van der Waals surface area contributed by atoms with Gasteiger partial charge in [0.05, 0.1) is 10.6 Å². The molecule has 0 saturated carbocycles. The third-order valence-corrected chi connectivity index (χ3v) is 4.78. The average Bonchev–Trinajstić information content (AvgIpc) is 2.94. The van der Waals surface area contributed by atoms with E-state index in [1.54, 1.807) is 19.1 Å². The van der Waals surface area contributed by atoms with E-state index in [2.05, 4.69) is 15.2 Å². The second kappa shape index (κ2) is 7.56. The SMILES string of the molecule is CCc1onc(C)c1C(=O)Nc1cccc(S(=O)(=O)NCCN)c1. The number of amides is 1. The smallest absolute Gasteiger partial charge is 0.261 e. The van der Waals surface area contributed by atoms with Crippen molar-refractivity contribution in [3.8, 4) is 0 Å². The fraction of sp³-hybridized carbons (Fsp3) is 0.333. The molecule has 130 valence electrons. The van der Waals surface area contributed by atoms with E-state index in [4.69, 9.17) is 10.3 Å². The molecule has 0 fully saturated rings. The Bertz CT molecular complexity index is 830. The van der Waals surface area contributed by atoms with Crippen LogP contribution in [0.1, 0.15) is 28.7 Å². The number of nitrogens with one attached hydrogen (secondary N) is 2. The molecule has 0 unspecified atom stereocenters. The molecule has 1 aromatic heterocycles. The molecule has 2 aromatic rings. The van der Waals surface area contributed by atoms with Crippen molar-refractivity contribution < 1.29 is 17.7 Å². The minimum Gasteiger partial charge on any atom is -0.360 e. The summed E-state index contributed by atoms with van der Waals surface area (Å²) in [6, 6.07) is 5.98. The van der Waals surface area contributed by atoms with Crippen LogP contribution in [0.2, 0.25) is 0 Å². The van der Waals surface area contributed by atoms with Crippen molar-refractivity contribution >= 4 is 21.6 Å². The number of aromatic nitrogens is 1. The average molecular weight is 352 g/mol. The van der Waals surface area contributed by atoms with E-state index in [-0.39, 0.29) is 18.0 Å². The zero-order valence-corrected chi connectivity index (χ0v) is 14.3. The standard InChI is InChI=1S/C15H20N4O4S/c1-3-13-14(10(2)19-23-13)15(20)18-11-5-4-6-12(9-11)24(21,22)17-8-7-16/h4-6,9,17H,3,7-8,16H2,1-2H3,(H,18,20). The van der Waals surface area contributed by atoms with Crippen molar-refractivity contribution in [3.05, 3.63) is 41.3 Å². The minimum atomic E-state index is -3.67. The van der Waals surface area contributed by atoms with Crippen LogP contribution < -0.4 is 15.8 Å². The zero-order valence-electron chi connectivity index (χ0n) is 13.5. The van der Waals surface area contributed by atoms with E-state index in [9.17, 15) is 13.2 Å². The molecule has 0 atom stereocenters. The summed E-state index contributed by atoms with van der Waals surface area (Å²) in [5, 5.41) is 6.46. The molecular weight excluding hydrogens is 332 g/mol. The van der Waals surface area contributed by atoms with Crippen molar-refractivity contribution in [1.82, 2.24) is 9.88 Å². The van der Waals surface area contributed by atoms with Gasteiger partial charge in [-0.25, -0.2) is 13.1 Å². The molecule has 0 spiro atoms. The summed E-state index contributed by atoms with van der Waals surface area (Å²) in [5.41, 5.74) is 6.52. The fourth-order valence-electron chi connectivity index (χ4n) is 2.16. The maximum atomic E-state index is 12.4. The molecule has 1 amide bonds. The van der Waals surface area contributed by atoms with Gasteiger partial charge in [-0.1, -0.05) is 18.1 Å². The van der Waals surface area contributed by atoms with E-state index >= 15 is 0 Å².